The summed E-state index contributed by atoms with van der Waals surface area (Å²) in [6, 6.07) is 12.1. The zero-order chi connectivity index (χ0) is 29.1. The van der Waals surface area contributed by atoms with E-state index < -0.39 is 23.1 Å². The molecule has 0 aliphatic heterocycles. The number of ether oxygens (including phenoxy) is 1. The number of carbonyl (C=O) groups excluding carboxylic acids is 1. The molecule has 3 aromatic heterocycles. The second-order valence-electron chi connectivity index (χ2n) is 9.89. The first-order valence-corrected chi connectivity index (χ1v) is 12.3. The van der Waals surface area contributed by atoms with Crippen molar-refractivity contribution in [3.05, 3.63) is 90.0 Å². The first-order valence-electron chi connectivity index (χ1n) is 12.3. The third kappa shape index (κ3) is 6.01. The van der Waals surface area contributed by atoms with E-state index in [0.29, 0.717) is 17.1 Å². The quantitative estimate of drug-likeness (QED) is 0.235. The molecule has 0 aliphatic rings. The zero-order valence-corrected chi connectivity index (χ0v) is 22.1. The van der Waals surface area contributed by atoms with E-state index in [0.717, 1.165) is 17.7 Å². The van der Waals surface area contributed by atoms with Gasteiger partial charge in [-0.1, -0.05) is 20.8 Å². The van der Waals surface area contributed by atoms with Crippen molar-refractivity contribution in [1.29, 1.82) is 5.26 Å². The summed E-state index contributed by atoms with van der Waals surface area (Å²) in [6.07, 6.45) is 4.77. The van der Waals surface area contributed by atoms with Crippen LogP contribution in [0.2, 0.25) is 0 Å². The Bertz CT molecular complexity index is 1770. The molecule has 0 bridgehead atoms. The lowest BCUT2D eigenvalue weighted by atomic mass is 9.92. The highest BCUT2D eigenvalue weighted by atomic mass is 19.1. The Morgan fingerprint density at radius 1 is 1.07 bits per heavy atom. The summed E-state index contributed by atoms with van der Waals surface area (Å²) in [5.41, 5.74) is 1.53. The number of nitrogens with one attached hydrogen (secondary N) is 3. The van der Waals surface area contributed by atoms with Gasteiger partial charge in [0.05, 0.1) is 34.5 Å². The molecule has 3 heterocycles. The number of benzene rings is 2. The summed E-state index contributed by atoms with van der Waals surface area (Å²) < 4.78 is 35.7. The molecular formula is C28H23F2N9O2. The molecular weight excluding hydrogens is 532 g/mol. The van der Waals surface area contributed by atoms with Crippen molar-refractivity contribution in [1.82, 2.24) is 29.9 Å². The number of hydrogen-bond donors (Lipinski definition) is 3. The van der Waals surface area contributed by atoms with Crippen LogP contribution in [0.1, 0.15) is 32.0 Å². The summed E-state index contributed by atoms with van der Waals surface area (Å²) >= 11 is 0. The highest BCUT2D eigenvalue weighted by molar-refractivity contribution is 5.99. The van der Waals surface area contributed by atoms with Gasteiger partial charge >= 0.3 is 12.0 Å². The van der Waals surface area contributed by atoms with Crippen molar-refractivity contribution in [2.45, 2.75) is 26.2 Å². The number of H-pyrrole nitrogens is 1. The van der Waals surface area contributed by atoms with E-state index in [1.807, 2.05) is 20.8 Å². The molecule has 2 aromatic carbocycles. The average Bonchev–Trinajstić information content (AvgIpc) is 3.62. The van der Waals surface area contributed by atoms with Crippen LogP contribution in [-0.4, -0.2) is 36.0 Å². The SMILES string of the molecule is CC(C)(C)c1cc(NC(=O)Nc2cc(Oc3nccc(-c4cn[nH]c4)n3)ccc2F)n(-c2ccc(F)c(C#N)c2)n1. The number of urea groups is 1. The molecule has 2 amide bonds. The largest absolute Gasteiger partial charge is 0.424 e. The lowest BCUT2D eigenvalue weighted by molar-refractivity contribution is 0.262. The number of aromatic amines is 1. The number of nitriles is 1. The normalized spacial score (nSPS) is 11.1. The van der Waals surface area contributed by atoms with E-state index in [4.69, 9.17) is 4.74 Å². The summed E-state index contributed by atoms with van der Waals surface area (Å²) in [5.74, 6) is -0.980. The molecule has 0 spiro atoms. The number of aromatic nitrogens is 6. The Balaban J connectivity index is 1.37. The minimum Gasteiger partial charge on any atom is -0.424 e. The Morgan fingerprint density at radius 3 is 2.61 bits per heavy atom. The number of nitrogens with zero attached hydrogens (tertiary/aromatic N) is 6. The summed E-state index contributed by atoms with van der Waals surface area (Å²) in [6.45, 7) is 5.80. The highest BCUT2D eigenvalue weighted by Crippen LogP contribution is 2.29. The fraction of sp³-hybridized carbons (Fsp3) is 0.143. The molecule has 11 nitrogen and oxygen atoms in total. The Morgan fingerprint density at radius 2 is 1.88 bits per heavy atom. The van der Waals surface area contributed by atoms with Gasteiger partial charge in [0.25, 0.3) is 0 Å². The molecule has 0 saturated carbocycles. The van der Waals surface area contributed by atoms with Crippen molar-refractivity contribution in [3.8, 4) is 34.8 Å². The molecule has 41 heavy (non-hydrogen) atoms. The number of halogens is 2. The van der Waals surface area contributed by atoms with Crippen molar-refractivity contribution >= 4 is 17.5 Å². The minimum atomic E-state index is -0.775. The van der Waals surface area contributed by atoms with Gasteiger partial charge < -0.3 is 10.1 Å². The summed E-state index contributed by atoms with van der Waals surface area (Å²) in [5, 5.41) is 25.5. The molecule has 0 unspecified atom stereocenters. The molecule has 0 radical (unpaired) electrons. The third-order valence-corrected chi connectivity index (χ3v) is 5.86. The smallest absolute Gasteiger partial charge is 0.324 e. The molecule has 3 N–H and O–H groups in total. The number of anilines is 2. The van der Waals surface area contributed by atoms with Gasteiger partial charge in [-0.3, -0.25) is 10.4 Å². The number of hydrogen-bond acceptors (Lipinski definition) is 7. The van der Waals surface area contributed by atoms with Crippen molar-refractivity contribution < 1.29 is 18.3 Å². The average molecular weight is 556 g/mol. The molecule has 5 aromatic rings. The van der Waals surface area contributed by atoms with Gasteiger partial charge in [0, 0.05) is 35.5 Å². The zero-order valence-electron chi connectivity index (χ0n) is 22.1. The first-order chi connectivity index (χ1) is 19.6. The Labute approximate surface area is 232 Å². The van der Waals surface area contributed by atoms with Crippen LogP contribution < -0.4 is 15.4 Å². The standard InChI is InChI=1S/C28H23F2N9O2/c1-28(2,3)24-12-25(39(38-24)18-4-6-20(29)16(10-18)13-31)37-26(40)35-23-11-19(5-7-21(23)30)41-27-32-9-8-22(36-27)17-14-33-34-15-17/h4-12,14-15H,1-3H3,(H,33,34)(H2,35,37,40). The lowest BCUT2D eigenvalue weighted by Gasteiger charge is -2.14. The van der Waals surface area contributed by atoms with Gasteiger partial charge in [-0.2, -0.15) is 20.4 Å². The van der Waals surface area contributed by atoms with Crippen LogP contribution in [0.5, 0.6) is 11.8 Å². The van der Waals surface area contributed by atoms with E-state index in [-0.39, 0.29) is 28.8 Å². The van der Waals surface area contributed by atoms with E-state index in [1.54, 1.807) is 30.6 Å². The molecule has 0 aliphatic carbocycles. The maximum absolute atomic E-state index is 14.7. The van der Waals surface area contributed by atoms with Crippen molar-refractivity contribution in [3.63, 3.8) is 0 Å². The van der Waals surface area contributed by atoms with E-state index in [2.05, 4.69) is 35.9 Å². The third-order valence-electron chi connectivity index (χ3n) is 5.86. The molecule has 0 saturated heterocycles. The predicted molar refractivity (Wildman–Crippen MR) is 146 cm³/mol. The van der Waals surface area contributed by atoms with Crippen LogP contribution in [0.15, 0.2) is 67.1 Å². The van der Waals surface area contributed by atoms with E-state index in [9.17, 15) is 18.8 Å². The summed E-state index contributed by atoms with van der Waals surface area (Å²) in [4.78, 5) is 21.4. The molecule has 13 heteroatoms. The first kappa shape index (κ1) is 26.9. The topological polar surface area (TPSA) is 146 Å². The second kappa shape index (κ2) is 10.9. The van der Waals surface area contributed by atoms with Crippen molar-refractivity contribution in [2.24, 2.45) is 0 Å². The fourth-order valence-electron chi connectivity index (χ4n) is 3.74. The van der Waals surface area contributed by atoms with E-state index >= 15 is 0 Å². The van der Waals surface area contributed by atoms with Crippen LogP contribution >= 0.6 is 0 Å². The Kier molecular flexibility index (Phi) is 7.13. The van der Waals surface area contributed by atoms with Crippen LogP contribution in [0.25, 0.3) is 16.9 Å². The lowest BCUT2D eigenvalue weighted by Crippen LogP contribution is -2.22. The van der Waals surface area contributed by atoms with Gasteiger partial charge in [-0.25, -0.2) is 23.2 Å². The van der Waals surface area contributed by atoms with Gasteiger partial charge in [0.15, 0.2) is 0 Å². The van der Waals surface area contributed by atoms with Crippen LogP contribution in [0.3, 0.4) is 0 Å². The van der Waals surface area contributed by atoms with Gasteiger partial charge in [0.1, 0.15) is 29.3 Å². The molecule has 0 fully saturated rings. The van der Waals surface area contributed by atoms with Crippen LogP contribution in [0.4, 0.5) is 25.1 Å². The van der Waals surface area contributed by atoms with Crippen LogP contribution in [0, 0.1) is 23.0 Å². The maximum Gasteiger partial charge on any atom is 0.324 e. The highest BCUT2D eigenvalue weighted by Gasteiger charge is 2.22. The number of carbonyl (C=O) groups is 1. The second-order valence-corrected chi connectivity index (χ2v) is 9.89. The summed E-state index contributed by atoms with van der Waals surface area (Å²) in [7, 11) is 0. The maximum atomic E-state index is 14.7. The monoisotopic (exact) mass is 555 g/mol. The minimum absolute atomic E-state index is 0.0142. The van der Waals surface area contributed by atoms with Gasteiger partial charge in [-0.05, 0) is 36.4 Å². The van der Waals surface area contributed by atoms with E-state index in [1.165, 1.54) is 35.1 Å². The number of amides is 2. The predicted octanol–water partition coefficient (Wildman–Crippen LogP) is 5.94. The molecule has 5 rings (SSSR count). The fourth-order valence-corrected chi connectivity index (χ4v) is 3.74. The molecule has 0 atom stereocenters. The molecule has 206 valence electrons. The van der Waals surface area contributed by atoms with Crippen molar-refractivity contribution in [2.75, 3.05) is 10.6 Å². The Hall–Kier alpha value is -5.64. The van der Waals surface area contributed by atoms with Gasteiger partial charge in [-0.15, -0.1) is 0 Å². The van der Waals surface area contributed by atoms with Crippen LogP contribution in [-0.2, 0) is 5.41 Å². The number of rotatable bonds is 6. The van der Waals surface area contributed by atoms with Gasteiger partial charge in [0.2, 0.25) is 0 Å².